The molecule has 0 aromatic heterocycles. The molecule has 3 heteroatoms. The van der Waals surface area contributed by atoms with Gasteiger partial charge in [-0.2, -0.15) is 0 Å². The third kappa shape index (κ3) is 0.721. The first kappa shape index (κ1) is 5.31. The summed E-state index contributed by atoms with van der Waals surface area (Å²) in [6.07, 6.45) is 1.24. The zero-order valence-electron chi connectivity index (χ0n) is 4.46. The summed E-state index contributed by atoms with van der Waals surface area (Å²) in [5.74, 6) is -0.156. The predicted octanol–water partition coefficient (Wildman–Crippen LogP) is -0.0538. The molecule has 0 N–H and O–H groups in total. The van der Waals surface area contributed by atoms with Gasteiger partial charge in [-0.3, -0.25) is 9.63 Å². The molecule has 1 rings (SSSR count). The van der Waals surface area contributed by atoms with Gasteiger partial charge in [0.05, 0.1) is 13.2 Å². The fourth-order valence-corrected chi connectivity index (χ4v) is 0.458. The molecule has 0 atom stereocenters. The first-order chi connectivity index (χ1) is 3.84. The van der Waals surface area contributed by atoms with E-state index in [2.05, 4.69) is 6.58 Å². The van der Waals surface area contributed by atoms with E-state index in [0.717, 1.165) is 0 Å². The van der Waals surface area contributed by atoms with Crippen LogP contribution in [0.5, 0.6) is 0 Å². The lowest BCUT2D eigenvalue weighted by Crippen LogP contribution is -2.42. The monoisotopic (exact) mass is 113 g/mol. The van der Waals surface area contributed by atoms with Crippen LogP contribution in [0.2, 0.25) is 0 Å². The van der Waals surface area contributed by atoms with Gasteiger partial charge in [0.15, 0.2) is 0 Å². The lowest BCUT2D eigenvalue weighted by atomic mass is 10.5. The Balaban J connectivity index is 2.34. The van der Waals surface area contributed by atoms with E-state index >= 15 is 0 Å². The van der Waals surface area contributed by atoms with Crippen LogP contribution in [0.4, 0.5) is 0 Å². The average Bonchev–Trinajstić information content (AvgIpc) is 1.62. The van der Waals surface area contributed by atoms with Gasteiger partial charge >= 0.3 is 0 Å². The molecule has 1 saturated heterocycles. The smallest absolute Gasteiger partial charge is 0.269 e. The van der Waals surface area contributed by atoms with Crippen LogP contribution in [0.25, 0.3) is 0 Å². The van der Waals surface area contributed by atoms with E-state index in [9.17, 15) is 4.79 Å². The van der Waals surface area contributed by atoms with Gasteiger partial charge < -0.3 is 0 Å². The molecule has 0 spiro atoms. The van der Waals surface area contributed by atoms with E-state index in [1.807, 2.05) is 0 Å². The summed E-state index contributed by atoms with van der Waals surface area (Å²) in [6, 6.07) is 0. The van der Waals surface area contributed by atoms with Crippen molar-refractivity contribution in [2.24, 2.45) is 0 Å². The molecule has 1 amide bonds. The Morgan fingerprint density at radius 2 is 2.50 bits per heavy atom. The number of carbonyl (C=O) groups excluding carboxylic acids is 1. The zero-order chi connectivity index (χ0) is 5.98. The van der Waals surface area contributed by atoms with Gasteiger partial charge in [0.1, 0.15) is 0 Å². The lowest BCUT2D eigenvalue weighted by Gasteiger charge is -2.28. The Kier molecular flexibility index (Phi) is 1.30. The SMILES string of the molecule is C=CC(=O)N1CCO1. The van der Waals surface area contributed by atoms with Crippen LogP contribution in [0.3, 0.4) is 0 Å². The minimum atomic E-state index is -0.156. The van der Waals surface area contributed by atoms with Crippen LogP contribution in [0, 0.1) is 0 Å². The van der Waals surface area contributed by atoms with Crippen molar-refractivity contribution in [1.29, 1.82) is 0 Å². The number of carbonyl (C=O) groups is 1. The van der Waals surface area contributed by atoms with Crippen molar-refractivity contribution in [3.8, 4) is 0 Å². The highest BCUT2D eigenvalue weighted by Gasteiger charge is 2.18. The third-order valence-electron chi connectivity index (χ3n) is 0.962. The van der Waals surface area contributed by atoms with Gasteiger partial charge in [0.25, 0.3) is 5.91 Å². The van der Waals surface area contributed by atoms with Crippen LogP contribution in [0.1, 0.15) is 0 Å². The highest BCUT2D eigenvalue weighted by molar-refractivity contribution is 5.86. The minimum Gasteiger partial charge on any atom is -0.269 e. The predicted molar refractivity (Wildman–Crippen MR) is 27.9 cm³/mol. The summed E-state index contributed by atoms with van der Waals surface area (Å²) in [4.78, 5) is 15.2. The van der Waals surface area contributed by atoms with Crippen molar-refractivity contribution in [3.63, 3.8) is 0 Å². The summed E-state index contributed by atoms with van der Waals surface area (Å²) in [7, 11) is 0. The van der Waals surface area contributed by atoms with Crippen LogP contribution in [0.15, 0.2) is 12.7 Å². The largest absolute Gasteiger partial charge is 0.269 e. The van der Waals surface area contributed by atoms with Crippen LogP contribution in [-0.4, -0.2) is 24.1 Å². The maximum atomic E-state index is 10.5. The molecular formula is C5H7NO2. The molecule has 1 heterocycles. The van der Waals surface area contributed by atoms with Crippen molar-refractivity contribution in [2.75, 3.05) is 13.2 Å². The molecule has 0 saturated carbocycles. The van der Waals surface area contributed by atoms with Crippen LogP contribution in [-0.2, 0) is 9.63 Å². The quantitative estimate of drug-likeness (QED) is 0.446. The molecule has 1 aliphatic heterocycles. The molecule has 0 unspecified atom stereocenters. The molecule has 0 radical (unpaired) electrons. The number of hydroxylamine groups is 2. The summed E-state index contributed by atoms with van der Waals surface area (Å²) >= 11 is 0. The molecule has 0 aliphatic carbocycles. The molecule has 1 fully saturated rings. The van der Waals surface area contributed by atoms with E-state index in [0.29, 0.717) is 13.2 Å². The number of nitrogens with zero attached hydrogens (tertiary/aromatic N) is 1. The number of rotatable bonds is 1. The van der Waals surface area contributed by atoms with Gasteiger partial charge in [-0.25, -0.2) is 5.06 Å². The third-order valence-corrected chi connectivity index (χ3v) is 0.962. The molecule has 0 aromatic rings. The van der Waals surface area contributed by atoms with Crippen molar-refractivity contribution in [1.82, 2.24) is 5.06 Å². The maximum absolute atomic E-state index is 10.5. The first-order valence-corrected chi connectivity index (χ1v) is 2.41. The Morgan fingerprint density at radius 1 is 1.88 bits per heavy atom. The van der Waals surface area contributed by atoms with Gasteiger partial charge in [0, 0.05) is 0 Å². The minimum absolute atomic E-state index is 0.156. The van der Waals surface area contributed by atoms with Crippen molar-refractivity contribution < 1.29 is 9.63 Å². The average molecular weight is 113 g/mol. The summed E-state index contributed by atoms with van der Waals surface area (Å²) < 4.78 is 0. The second kappa shape index (κ2) is 1.96. The maximum Gasteiger partial charge on any atom is 0.269 e. The second-order valence-electron chi connectivity index (χ2n) is 1.48. The number of hydrogen-bond acceptors (Lipinski definition) is 2. The van der Waals surface area contributed by atoms with E-state index < -0.39 is 0 Å². The second-order valence-corrected chi connectivity index (χ2v) is 1.48. The Labute approximate surface area is 47.5 Å². The summed E-state index contributed by atoms with van der Waals surface area (Å²) in [5, 5.41) is 1.27. The molecule has 1 aliphatic rings. The molecule has 0 bridgehead atoms. The topological polar surface area (TPSA) is 29.5 Å². The van der Waals surface area contributed by atoms with E-state index in [1.54, 1.807) is 0 Å². The fourth-order valence-electron chi connectivity index (χ4n) is 0.458. The van der Waals surface area contributed by atoms with Crippen molar-refractivity contribution >= 4 is 5.91 Å². The zero-order valence-corrected chi connectivity index (χ0v) is 4.46. The summed E-state index contributed by atoms with van der Waals surface area (Å²) in [6.45, 7) is 4.64. The lowest BCUT2D eigenvalue weighted by molar-refractivity contribution is -0.234. The van der Waals surface area contributed by atoms with Gasteiger partial charge in [-0.15, -0.1) is 0 Å². The Morgan fingerprint density at radius 3 is 2.62 bits per heavy atom. The van der Waals surface area contributed by atoms with Crippen LogP contribution < -0.4 is 0 Å². The number of hydrogen-bond donors (Lipinski definition) is 0. The normalized spacial score (nSPS) is 17.2. The molecule has 3 nitrogen and oxygen atoms in total. The van der Waals surface area contributed by atoms with Crippen molar-refractivity contribution in [3.05, 3.63) is 12.7 Å². The molecule has 0 aromatic carbocycles. The standard InChI is InChI=1S/C5H7NO2/c1-2-5(7)6-3-4-8-6/h2H,1,3-4H2. The summed E-state index contributed by atoms with van der Waals surface area (Å²) in [5.41, 5.74) is 0. The van der Waals surface area contributed by atoms with Crippen LogP contribution >= 0.6 is 0 Å². The van der Waals surface area contributed by atoms with E-state index in [-0.39, 0.29) is 5.91 Å². The molecular weight excluding hydrogens is 106 g/mol. The van der Waals surface area contributed by atoms with Gasteiger partial charge in [-0.05, 0) is 6.08 Å². The number of amides is 1. The molecule has 44 valence electrons. The van der Waals surface area contributed by atoms with Gasteiger partial charge in [-0.1, -0.05) is 6.58 Å². The van der Waals surface area contributed by atoms with Gasteiger partial charge in [0.2, 0.25) is 0 Å². The Bertz CT molecular complexity index is 118. The molecule has 8 heavy (non-hydrogen) atoms. The highest BCUT2D eigenvalue weighted by Crippen LogP contribution is 2.01. The van der Waals surface area contributed by atoms with Crippen molar-refractivity contribution in [2.45, 2.75) is 0 Å². The Hall–Kier alpha value is -0.830. The first-order valence-electron chi connectivity index (χ1n) is 2.41. The fraction of sp³-hybridized carbons (Fsp3) is 0.400. The highest BCUT2D eigenvalue weighted by atomic mass is 16.7. The van der Waals surface area contributed by atoms with E-state index in [4.69, 9.17) is 4.84 Å². The van der Waals surface area contributed by atoms with E-state index in [1.165, 1.54) is 11.1 Å².